The topological polar surface area (TPSA) is 58.9 Å². The molecule has 1 heterocycles. The molecular formula is C10H18Cl2N2OS. The van der Waals surface area contributed by atoms with Crippen LogP contribution >= 0.6 is 36.6 Å². The first-order valence-corrected chi connectivity index (χ1v) is 5.78. The first-order valence-electron chi connectivity index (χ1n) is 4.62. The second kappa shape index (κ2) is 8.93. The SMILES string of the molecule is Cc1c[nH]c(CSCCN)c(C)c1=O.Cl.Cl. The molecule has 3 N–H and O–H groups in total. The van der Waals surface area contributed by atoms with Crippen LogP contribution in [0, 0.1) is 13.8 Å². The standard InChI is InChI=1S/C10H16N2OS.2ClH/c1-7-5-12-9(6-14-4-3-11)8(2)10(7)13;;/h5H,3-4,6,11H2,1-2H3,(H,12,13);2*1H. The van der Waals surface area contributed by atoms with Crippen LogP contribution in [0.15, 0.2) is 11.0 Å². The van der Waals surface area contributed by atoms with E-state index >= 15 is 0 Å². The number of halogens is 2. The summed E-state index contributed by atoms with van der Waals surface area (Å²) in [5, 5.41) is 0. The molecule has 0 aliphatic carbocycles. The summed E-state index contributed by atoms with van der Waals surface area (Å²) < 4.78 is 0. The normalized spacial score (nSPS) is 9.19. The number of H-pyrrole nitrogens is 1. The molecule has 0 radical (unpaired) electrons. The van der Waals surface area contributed by atoms with Gasteiger partial charge in [0.25, 0.3) is 0 Å². The largest absolute Gasteiger partial charge is 0.364 e. The monoisotopic (exact) mass is 284 g/mol. The van der Waals surface area contributed by atoms with E-state index in [1.165, 1.54) is 0 Å². The van der Waals surface area contributed by atoms with Crippen molar-refractivity contribution in [3.05, 3.63) is 33.2 Å². The van der Waals surface area contributed by atoms with Crippen molar-refractivity contribution in [2.45, 2.75) is 19.6 Å². The molecule has 3 nitrogen and oxygen atoms in total. The van der Waals surface area contributed by atoms with Gasteiger partial charge in [0.2, 0.25) is 0 Å². The zero-order valence-corrected chi connectivity index (χ0v) is 11.9. The molecular weight excluding hydrogens is 267 g/mol. The Balaban J connectivity index is 0. The second-order valence-corrected chi connectivity index (χ2v) is 4.35. The molecule has 0 aromatic carbocycles. The third-order valence-corrected chi connectivity index (χ3v) is 3.14. The van der Waals surface area contributed by atoms with Gasteiger partial charge in [-0.15, -0.1) is 24.8 Å². The predicted octanol–water partition coefficient (Wildman–Crippen LogP) is 2.03. The van der Waals surface area contributed by atoms with Gasteiger partial charge >= 0.3 is 0 Å². The fourth-order valence-corrected chi connectivity index (χ4v) is 2.02. The summed E-state index contributed by atoms with van der Waals surface area (Å²) in [6.45, 7) is 4.37. The molecule has 0 saturated heterocycles. The molecule has 6 heteroatoms. The van der Waals surface area contributed by atoms with Gasteiger partial charge in [-0.2, -0.15) is 11.8 Å². The van der Waals surface area contributed by atoms with E-state index < -0.39 is 0 Å². The zero-order valence-electron chi connectivity index (χ0n) is 9.41. The fourth-order valence-electron chi connectivity index (χ4n) is 1.21. The average molecular weight is 285 g/mol. The summed E-state index contributed by atoms with van der Waals surface area (Å²) in [7, 11) is 0. The van der Waals surface area contributed by atoms with Gasteiger partial charge in [-0.1, -0.05) is 0 Å². The number of nitrogens with two attached hydrogens (primary N) is 1. The van der Waals surface area contributed by atoms with Gasteiger partial charge in [0.1, 0.15) is 0 Å². The fraction of sp³-hybridized carbons (Fsp3) is 0.500. The highest BCUT2D eigenvalue weighted by Crippen LogP contribution is 2.11. The Hall–Kier alpha value is -0.160. The van der Waals surface area contributed by atoms with Crippen molar-refractivity contribution in [3.63, 3.8) is 0 Å². The Morgan fingerprint density at radius 2 is 2.00 bits per heavy atom. The summed E-state index contributed by atoms with van der Waals surface area (Å²) >= 11 is 1.74. The lowest BCUT2D eigenvalue weighted by Crippen LogP contribution is -2.13. The highest BCUT2D eigenvalue weighted by atomic mass is 35.5. The number of pyridine rings is 1. The van der Waals surface area contributed by atoms with E-state index in [-0.39, 0.29) is 30.2 Å². The van der Waals surface area contributed by atoms with Crippen molar-refractivity contribution in [1.29, 1.82) is 0 Å². The van der Waals surface area contributed by atoms with Crippen LogP contribution in [0.5, 0.6) is 0 Å². The van der Waals surface area contributed by atoms with Crippen LogP contribution in [-0.4, -0.2) is 17.3 Å². The van der Waals surface area contributed by atoms with Crippen LogP contribution in [0.4, 0.5) is 0 Å². The molecule has 0 atom stereocenters. The molecule has 0 aliphatic rings. The Bertz CT molecular complexity index is 368. The lowest BCUT2D eigenvalue weighted by molar-refractivity contribution is 1.07. The number of thioether (sulfide) groups is 1. The maximum atomic E-state index is 11.6. The van der Waals surface area contributed by atoms with Crippen molar-refractivity contribution in [2.24, 2.45) is 5.73 Å². The number of hydrogen-bond donors (Lipinski definition) is 2. The summed E-state index contributed by atoms with van der Waals surface area (Å²) in [6, 6.07) is 0. The number of aromatic nitrogens is 1. The van der Waals surface area contributed by atoms with Crippen LogP contribution in [0.25, 0.3) is 0 Å². The van der Waals surface area contributed by atoms with Gasteiger partial charge in [0.15, 0.2) is 5.43 Å². The van der Waals surface area contributed by atoms with Crippen molar-refractivity contribution < 1.29 is 0 Å². The van der Waals surface area contributed by atoms with E-state index in [0.29, 0.717) is 6.54 Å². The van der Waals surface area contributed by atoms with E-state index in [4.69, 9.17) is 5.73 Å². The van der Waals surface area contributed by atoms with Gasteiger partial charge in [-0.25, -0.2) is 0 Å². The average Bonchev–Trinajstić information content (AvgIpc) is 2.18. The van der Waals surface area contributed by atoms with Gasteiger partial charge in [-0.3, -0.25) is 4.79 Å². The highest BCUT2D eigenvalue weighted by Gasteiger charge is 2.04. The quantitative estimate of drug-likeness (QED) is 0.832. The first-order chi connectivity index (χ1) is 6.66. The lowest BCUT2D eigenvalue weighted by atomic mass is 10.2. The molecule has 94 valence electrons. The molecule has 1 rings (SSSR count). The smallest absolute Gasteiger partial charge is 0.187 e. The number of rotatable bonds is 4. The summed E-state index contributed by atoms with van der Waals surface area (Å²) in [6.07, 6.45) is 1.77. The summed E-state index contributed by atoms with van der Waals surface area (Å²) in [4.78, 5) is 14.7. The molecule has 0 spiro atoms. The zero-order chi connectivity index (χ0) is 10.6. The number of nitrogens with one attached hydrogen (secondary N) is 1. The lowest BCUT2D eigenvalue weighted by Gasteiger charge is -2.05. The molecule has 0 saturated carbocycles. The molecule has 0 amide bonds. The van der Waals surface area contributed by atoms with Crippen molar-refractivity contribution in [1.82, 2.24) is 4.98 Å². The third kappa shape index (κ3) is 4.78. The number of aryl methyl sites for hydroxylation is 1. The van der Waals surface area contributed by atoms with Crippen LogP contribution in [0.2, 0.25) is 0 Å². The van der Waals surface area contributed by atoms with Crippen LogP contribution in [0.3, 0.4) is 0 Å². The number of aromatic amines is 1. The Labute approximate surface area is 112 Å². The molecule has 1 aromatic heterocycles. The van der Waals surface area contributed by atoms with Gasteiger partial charge in [0, 0.05) is 41.1 Å². The Morgan fingerprint density at radius 1 is 1.38 bits per heavy atom. The summed E-state index contributed by atoms with van der Waals surface area (Å²) in [5.41, 5.74) is 8.15. The minimum atomic E-state index is 0. The first kappa shape index (κ1) is 18.2. The Morgan fingerprint density at radius 3 is 2.56 bits per heavy atom. The van der Waals surface area contributed by atoms with Crippen molar-refractivity contribution in [3.8, 4) is 0 Å². The van der Waals surface area contributed by atoms with Gasteiger partial charge < -0.3 is 10.7 Å². The van der Waals surface area contributed by atoms with E-state index in [9.17, 15) is 4.79 Å². The minimum Gasteiger partial charge on any atom is -0.364 e. The maximum absolute atomic E-state index is 11.6. The van der Waals surface area contributed by atoms with Crippen LogP contribution < -0.4 is 11.2 Å². The van der Waals surface area contributed by atoms with E-state index in [0.717, 1.165) is 28.3 Å². The van der Waals surface area contributed by atoms with Crippen molar-refractivity contribution >= 4 is 36.6 Å². The molecule has 0 bridgehead atoms. The third-order valence-electron chi connectivity index (χ3n) is 2.12. The Kier molecular flexibility index (Phi) is 10.2. The molecule has 0 aliphatic heterocycles. The van der Waals surface area contributed by atoms with Gasteiger partial charge in [0.05, 0.1) is 0 Å². The van der Waals surface area contributed by atoms with E-state index in [1.54, 1.807) is 18.0 Å². The van der Waals surface area contributed by atoms with E-state index in [2.05, 4.69) is 4.98 Å². The predicted molar refractivity (Wildman–Crippen MR) is 76.2 cm³/mol. The van der Waals surface area contributed by atoms with Crippen molar-refractivity contribution in [2.75, 3.05) is 12.3 Å². The number of hydrogen-bond acceptors (Lipinski definition) is 3. The van der Waals surface area contributed by atoms with Gasteiger partial charge in [-0.05, 0) is 13.8 Å². The summed E-state index contributed by atoms with van der Waals surface area (Å²) in [5.74, 6) is 1.76. The van der Waals surface area contributed by atoms with E-state index in [1.807, 2.05) is 13.8 Å². The minimum absolute atomic E-state index is 0. The molecule has 1 aromatic rings. The maximum Gasteiger partial charge on any atom is 0.187 e. The molecule has 0 fully saturated rings. The molecule has 16 heavy (non-hydrogen) atoms. The molecule has 0 unspecified atom stereocenters. The highest BCUT2D eigenvalue weighted by molar-refractivity contribution is 7.98. The van der Waals surface area contributed by atoms with Crippen LogP contribution in [0.1, 0.15) is 16.8 Å². The second-order valence-electron chi connectivity index (χ2n) is 3.25. The van der Waals surface area contributed by atoms with Crippen LogP contribution in [-0.2, 0) is 5.75 Å².